The molecular weight excluding hydrogens is 207 g/mol. The maximum atomic E-state index is 12.7. The van der Waals surface area contributed by atoms with E-state index in [9.17, 15) is 9.18 Å². The Morgan fingerprint density at radius 1 is 1.79 bits per heavy atom. The second-order valence-corrected chi connectivity index (χ2v) is 3.99. The van der Waals surface area contributed by atoms with Gasteiger partial charge < -0.3 is 15.7 Å². The van der Waals surface area contributed by atoms with E-state index in [0.717, 1.165) is 6.42 Å². The molecule has 1 fully saturated rings. The van der Waals surface area contributed by atoms with Gasteiger partial charge in [0.25, 0.3) is 0 Å². The Hall–Kier alpha value is -0.490. The molecule has 1 aliphatic heterocycles. The van der Waals surface area contributed by atoms with Gasteiger partial charge in [-0.15, -0.1) is 12.6 Å². The fourth-order valence-corrected chi connectivity index (χ4v) is 1.86. The van der Waals surface area contributed by atoms with Crippen LogP contribution in [0.4, 0.5) is 9.18 Å². The predicted octanol–water partition coefficient (Wildman–Crippen LogP) is 0.848. The molecule has 0 aromatic rings. The second-order valence-electron chi connectivity index (χ2n) is 3.49. The van der Waals surface area contributed by atoms with Gasteiger partial charge >= 0.3 is 6.09 Å². The van der Waals surface area contributed by atoms with E-state index >= 15 is 0 Å². The number of carboxylic acid groups (broad SMARTS) is 1. The lowest BCUT2D eigenvalue weighted by molar-refractivity contribution is 0.194. The molecule has 82 valence electrons. The summed E-state index contributed by atoms with van der Waals surface area (Å²) in [6.45, 7) is 1.03. The van der Waals surface area contributed by atoms with Crippen molar-refractivity contribution < 1.29 is 14.3 Å². The molecule has 0 saturated carbocycles. The normalized spacial score (nSPS) is 28.7. The summed E-state index contributed by atoms with van der Waals surface area (Å²) < 4.78 is 12.7. The van der Waals surface area contributed by atoms with Gasteiger partial charge in [-0.1, -0.05) is 0 Å². The third kappa shape index (κ3) is 3.71. The molecule has 0 aliphatic carbocycles. The van der Waals surface area contributed by atoms with Crippen molar-refractivity contribution in [1.29, 1.82) is 0 Å². The summed E-state index contributed by atoms with van der Waals surface area (Å²) in [7, 11) is 0. The minimum atomic E-state index is -1.08. The van der Waals surface area contributed by atoms with Crippen LogP contribution in [-0.4, -0.2) is 35.8 Å². The van der Waals surface area contributed by atoms with E-state index in [2.05, 4.69) is 23.3 Å². The first-order valence-electron chi connectivity index (χ1n) is 4.62. The Bertz CT molecular complexity index is 204. The van der Waals surface area contributed by atoms with Crippen molar-refractivity contribution in [2.24, 2.45) is 5.92 Å². The van der Waals surface area contributed by atoms with Crippen molar-refractivity contribution in [1.82, 2.24) is 10.6 Å². The first-order valence-corrected chi connectivity index (χ1v) is 5.13. The van der Waals surface area contributed by atoms with Crippen LogP contribution in [0.1, 0.15) is 12.8 Å². The highest BCUT2D eigenvalue weighted by Gasteiger charge is 2.28. The summed E-state index contributed by atoms with van der Waals surface area (Å²) in [6, 6.07) is 0.206. The molecule has 3 atom stereocenters. The van der Waals surface area contributed by atoms with Gasteiger partial charge in [0.1, 0.15) is 5.50 Å². The van der Waals surface area contributed by atoms with Gasteiger partial charge in [0.15, 0.2) is 0 Å². The van der Waals surface area contributed by atoms with Gasteiger partial charge in [0, 0.05) is 25.0 Å². The first kappa shape index (κ1) is 11.6. The molecule has 0 aromatic carbocycles. The molecule has 1 amide bonds. The number of hydrogen-bond donors (Lipinski definition) is 4. The molecule has 1 heterocycles. The van der Waals surface area contributed by atoms with E-state index < -0.39 is 11.6 Å². The fraction of sp³-hybridized carbons (Fsp3) is 0.875. The van der Waals surface area contributed by atoms with Crippen LogP contribution in [0.15, 0.2) is 0 Å². The van der Waals surface area contributed by atoms with Crippen LogP contribution in [-0.2, 0) is 0 Å². The lowest BCUT2D eigenvalue weighted by Crippen LogP contribution is -2.29. The Labute approximate surface area is 87.7 Å². The highest BCUT2D eigenvalue weighted by Crippen LogP contribution is 2.23. The van der Waals surface area contributed by atoms with E-state index in [1.165, 1.54) is 0 Å². The molecule has 14 heavy (non-hydrogen) atoms. The van der Waals surface area contributed by atoms with Crippen molar-refractivity contribution in [3.63, 3.8) is 0 Å². The molecule has 4 nitrogen and oxygen atoms in total. The summed E-state index contributed by atoms with van der Waals surface area (Å²) in [5.74, 6) is -0.0480. The lowest BCUT2D eigenvalue weighted by atomic mass is 10.1. The molecule has 0 bridgehead atoms. The second kappa shape index (κ2) is 5.41. The summed E-state index contributed by atoms with van der Waals surface area (Å²) >= 11 is 3.74. The van der Waals surface area contributed by atoms with Crippen LogP contribution in [0.25, 0.3) is 0 Å². The largest absolute Gasteiger partial charge is 0.465 e. The van der Waals surface area contributed by atoms with Crippen LogP contribution < -0.4 is 10.6 Å². The molecule has 2 unspecified atom stereocenters. The van der Waals surface area contributed by atoms with Crippen LogP contribution in [0.5, 0.6) is 0 Å². The number of hydrogen-bond acceptors (Lipinski definition) is 3. The van der Waals surface area contributed by atoms with E-state index in [1.54, 1.807) is 0 Å². The Morgan fingerprint density at radius 3 is 3.00 bits per heavy atom. The summed E-state index contributed by atoms with van der Waals surface area (Å²) in [6.07, 6.45) is 0.409. The van der Waals surface area contributed by atoms with Crippen molar-refractivity contribution in [3.05, 3.63) is 0 Å². The van der Waals surface area contributed by atoms with Gasteiger partial charge in [0.2, 0.25) is 0 Å². The smallest absolute Gasteiger partial charge is 0.404 e. The highest BCUT2D eigenvalue weighted by atomic mass is 32.1. The number of carbonyl (C=O) groups is 1. The molecule has 1 rings (SSSR count). The summed E-state index contributed by atoms with van der Waals surface area (Å²) in [5.41, 5.74) is -1.08. The quantitative estimate of drug-likeness (QED) is 0.533. The van der Waals surface area contributed by atoms with Gasteiger partial charge in [-0.2, -0.15) is 0 Å². The van der Waals surface area contributed by atoms with E-state index in [-0.39, 0.29) is 12.0 Å². The van der Waals surface area contributed by atoms with Crippen LogP contribution in [0, 0.1) is 5.92 Å². The maximum Gasteiger partial charge on any atom is 0.404 e. The van der Waals surface area contributed by atoms with E-state index in [1.807, 2.05) is 0 Å². The molecule has 3 N–H and O–H groups in total. The third-order valence-corrected chi connectivity index (χ3v) is 2.84. The first-order chi connectivity index (χ1) is 6.59. The average molecular weight is 222 g/mol. The topological polar surface area (TPSA) is 61.4 Å². The summed E-state index contributed by atoms with van der Waals surface area (Å²) in [5, 5.41) is 13.7. The summed E-state index contributed by atoms with van der Waals surface area (Å²) in [4.78, 5) is 10.1. The minimum absolute atomic E-state index is 0.0480. The number of rotatable bonds is 4. The number of amides is 1. The van der Waals surface area contributed by atoms with Crippen molar-refractivity contribution >= 4 is 18.7 Å². The number of thiol groups is 1. The molecular formula is C8H15FN2O2S. The third-order valence-electron chi connectivity index (χ3n) is 2.41. The zero-order valence-electron chi connectivity index (χ0n) is 7.74. The molecule has 6 heteroatoms. The highest BCUT2D eigenvalue weighted by molar-refractivity contribution is 7.80. The van der Waals surface area contributed by atoms with Crippen molar-refractivity contribution in [2.45, 2.75) is 24.4 Å². The Morgan fingerprint density at radius 2 is 2.50 bits per heavy atom. The number of halogens is 1. The molecule has 0 spiro atoms. The van der Waals surface area contributed by atoms with Crippen LogP contribution in [0.3, 0.4) is 0 Å². The Balaban J connectivity index is 2.13. The maximum absolute atomic E-state index is 12.7. The Kier molecular flexibility index (Phi) is 4.47. The van der Waals surface area contributed by atoms with Gasteiger partial charge in [-0.3, -0.25) is 0 Å². The standard InChI is InChI=1S/C8H15FN2O2S/c9-7(14)5-3-6(11-4-5)1-2-10-8(12)13/h5-7,10-11,14H,1-4H2,(H,12,13)/t5?,6?,7-/m0/s1. The van der Waals surface area contributed by atoms with Crippen LogP contribution in [0.2, 0.25) is 0 Å². The molecule has 0 aromatic heterocycles. The fourth-order valence-electron chi connectivity index (χ4n) is 1.63. The van der Waals surface area contributed by atoms with Crippen LogP contribution >= 0.6 is 12.6 Å². The number of alkyl halides is 1. The lowest BCUT2D eigenvalue weighted by Gasteiger charge is -2.10. The van der Waals surface area contributed by atoms with Crippen molar-refractivity contribution in [2.75, 3.05) is 13.1 Å². The zero-order chi connectivity index (χ0) is 10.6. The minimum Gasteiger partial charge on any atom is -0.465 e. The molecule has 1 aliphatic rings. The average Bonchev–Trinajstić information content (AvgIpc) is 2.52. The molecule has 0 radical (unpaired) electrons. The van der Waals surface area contributed by atoms with Gasteiger partial charge in [0.05, 0.1) is 0 Å². The van der Waals surface area contributed by atoms with Gasteiger partial charge in [-0.05, 0) is 12.8 Å². The predicted molar refractivity (Wildman–Crippen MR) is 54.4 cm³/mol. The monoisotopic (exact) mass is 222 g/mol. The number of nitrogens with one attached hydrogen (secondary N) is 2. The van der Waals surface area contributed by atoms with E-state index in [0.29, 0.717) is 19.5 Å². The van der Waals surface area contributed by atoms with Crippen molar-refractivity contribution in [3.8, 4) is 0 Å². The SMILES string of the molecule is O=C(O)NCCC1CC([C@@H](F)S)CN1. The van der Waals surface area contributed by atoms with E-state index in [4.69, 9.17) is 5.11 Å². The molecule has 1 saturated heterocycles. The van der Waals surface area contributed by atoms with Gasteiger partial charge in [-0.25, -0.2) is 9.18 Å². The zero-order valence-corrected chi connectivity index (χ0v) is 8.64.